The topological polar surface area (TPSA) is 46.5 Å². The lowest BCUT2D eigenvalue weighted by atomic mass is 9.47. The first-order valence-electron chi connectivity index (χ1n) is 13.2. The van der Waals surface area contributed by atoms with Crippen molar-refractivity contribution in [2.75, 3.05) is 0 Å². The first-order chi connectivity index (χ1) is 14.9. The van der Waals surface area contributed by atoms with Crippen LogP contribution in [0.3, 0.4) is 0 Å². The molecular weight excluding hydrogens is 396 g/mol. The van der Waals surface area contributed by atoms with E-state index < -0.39 is 5.60 Å². The van der Waals surface area contributed by atoms with Crippen molar-refractivity contribution < 1.29 is 14.6 Å². The molecule has 1 N–H and O–H groups in total. The second kappa shape index (κ2) is 8.60. The van der Waals surface area contributed by atoms with Crippen LogP contribution in [0.1, 0.15) is 99.3 Å². The standard InChI is InChI=1S/C29H46O3/c1-19(8-7-15-27(3,4)31)24-11-12-25-23-10-9-21-18-22(32-20(2)30)13-16-28(21,5)26(23)14-17-29(24,25)6/h7-9,19,22-26,31H,10-18H2,1-6H3/b8-7+/t19-,22+,23+,24-,25+,26+,28+,29-/m1/s1. The number of carbonyl (C=O) groups is 1. The summed E-state index contributed by atoms with van der Waals surface area (Å²) in [6.07, 6.45) is 17.8. The minimum atomic E-state index is -0.619. The van der Waals surface area contributed by atoms with Crippen LogP contribution >= 0.6 is 0 Å². The molecule has 0 aliphatic heterocycles. The minimum absolute atomic E-state index is 0.0876. The molecule has 0 amide bonds. The third-order valence-corrected chi connectivity index (χ3v) is 10.2. The number of fused-ring (bicyclic) bond motifs is 5. The van der Waals surface area contributed by atoms with Gasteiger partial charge in [-0.3, -0.25) is 4.79 Å². The largest absolute Gasteiger partial charge is 0.462 e. The fourth-order valence-corrected chi connectivity index (χ4v) is 8.57. The first kappa shape index (κ1) is 24.0. The molecule has 4 aliphatic rings. The van der Waals surface area contributed by atoms with Gasteiger partial charge in [-0.2, -0.15) is 0 Å². The molecule has 8 atom stereocenters. The zero-order valence-electron chi connectivity index (χ0n) is 21.3. The molecule has 0 aromatic carbocycles. The molecule has 3 saturated carbocycles. The molecule has 0 bridgehead atoms. The summed E-state index contributed by atoms with van der Waals surface area (Å²) < 4.78 is 5.60. The Morgan fingerprint density at radius 2 is 1.97 bits per heavy atom. The van der Waals surface area contributed by atoms with E-state index in [9.17, 15) is 9.90 Å². The number of allylic oxidation sites excluding steroid dienone is 2. The Morgan fingerprint density at radius 3 is 2.66 bits per heavy atom. The second-order valence-corrected chi connectivity index (χ2v) is 12.8. The van der Waals surface area contributed by atoms with Crippen LogP contribution in [-0.2, 0) is 9.53 Å². The summed E-state index contributed by atoms with van der Waals surface area (Å²) in [5, 5.41) is 10.1. The molecule has 0 aromatic rings. The van der Waals surface area contributed by atoms with Crippen LogP contribution in [0.5, 0.6) is 0 Å². The number of carbonyl (C=O) groups excluding carboxylic acids is 1. The molecule has 0 aromatic heterocycles. The van der Waals surface area contributed by atoms with Gasteiger partial charge in [-0.05, 0) is 106 Å². The predicted molar refractivity (Wildman–Crippen MR) is 130 cm³/mol. The summed E-state index contributed by atoms with van der Waals surface area (Å²) in [7, 11) is 0. The van der Waals surface area contributed by atoms with Crippen molar-refractivity contribution in [3.05, 3.63) is 23.8 Å². The molecule has 0 saturated heterocycles. The molecule has 0 radical (unpaired) electrons. The lowest BCUT2D eigenvalue weighted by molar-refractivity contribution is -0.148. The van der Waals surface area contributed by atoms with E-state index in [0.29, 0.717) is 16.7 Å². The molecule has 3 heteroatoms. The van der Waals surface area contributed by atoms with E-state index in [-0.39, 0.29) is 12.1 Å². The van der Waals surface area contributed by atoms with Gasteiger partial charge in [0.1, 0.15) is 6.10 Å². The molecule has 3 fully saturated rings. The van der Waals surface area contributed by atoms with E-state index in [1.54, 1.807) is 12.5 Å². The van der Waals surface area contributed by atoms with Crippen LogP contribution in [0.4, 0.5) is 0 Å². The summed E-state index contributed by atoms with van der Waals surface area (Å²) in [6, 6.07) is 0. The Kier molecular flexibility index (Phi) is 6.46. The van der Waals surface area contributed by atoms with E-state index in [1.807, 2.05) is 13.8 Å². The molecule has 32 heavy (non-hydrogen) atoms. The zero-order chi connectivity index (χ0) is 23.3. The normalized spacial score (nSPS) is 42.6. The van der Waals surface area contributed by atoms with Crippen LogP contribution in [0.2, 0.25) is 0 Å². The van der Waals surface area contributed by atoms with E-state index >= 15 is 0 Å². The Morgan fingerprint density at radius 1 is 1.22 bits per heavy atom. The lowest BCUT2D eigenvalue weighted by Crippen LogP contribution is -2.51. The summed E-state index contributed by atoms with van der Waals surface area (Å²) in [5.74, 6) is 3.63. The van der Waals surface area contributed by atoms with Crippen molar-refractivity contribution in [1.82, 2.24) is 0 Å². The maximum absolute atomic E-state index is 11.5. The smallest absolute Gasteiger partial charge is 0.302 e. The molecule has 4 aliphatic carbocycles. The van der Waals surface area contributed by atoms with Crippen molar-refractivity contribution in [1.29, 1.82) is 0 Å². The molecule has 0 spiro atoms. The van der Waals surface area contributed by atoms with Crippen molar-refractivity contribution in [3.8, 4) is 0 Å². The number of aliphatic hydroxyl groups is 1. The first-order valence-corrected chi connectivity index (χ1v) is 13.2. The average molecular weight is 443 g/mol. The summed E-state index contributed by atoms with van der Waals surface area (Å²) in [6.45, 7) is 12.9. The molecule has 0 unspecified atom stereocenters. The van der Waals surface area contributed by atoms with Gasteiger partial charge in [0.05, 0.1) is 5.60 Å². The van der Waals surface area contributed by atoms with Gasteiger partial charge in [0, 0.05) is 13.3 Å². The van der Waals surface area contributed by atoms with E-state index in [4.69, 9.17) is 4.74 Å². The van der Waals surface area contributed by atoms with Gasteiger partial charge in [-0.1, -0.05) is 44.6 Å². The SMILES string of the molecule is CC(=O)O[C@H]1CC[C@@]2(C)C(=CC[C@H]3[C@@H]4CC[C@H]([C@H](C)/C=C/CC(C)(C)O)[C@@]4(C)CC[C@@H]32)C1. The van der Waals surface area contributed by atoms with Crippen LogP contribution in [-0.4, -0.2) is 22.8 Å². The van der Waals surface area contributed by atoms with Gasteiger partial charge in [0.2, 0.25) is 0 Å². The van der Waals surface area contributed by atoms with Gasteiger partial charge in [0.25, 0.3) is 0 Å². The monoisotopic (exact) mass is 442 g/mol. The van der Waals surface area contributed by atoms with Gasteiger partial charge in [-0.15, -0.1) is 0 Å². The molecule has 180 valence electrons. The van der Waals surface area contributed by atoms with Gasteiger partial charge in [0.15, 0.2) is 0 Å². The predicted octanol–water partition coefficient (Wildman–Crippen LogP) is 6.85. The number of ether oxygens (including phenoxy) is 1. The third-order valence-electron chi connectivity index (χ3n) is 10.2. The summed E-state index contributed by atoms with van der Waals surface area (Å²) in [4.78, 5) is 11.5. The highest BCUT2D eigenvalue weighted by molar-refractivity contribution is 5.66. The van der Waals surface area contributed by atoms with E-state index in [0.717, 1.165) is 42.9 Å². The third kappa shape index (κ3) is 4.36. The number of hydrogen-bond acceptors (Lipinski definition) is 3. The number of hydrogen-bond donors (Lipinski definition) is 1. The van der Waals surface area contributed by atoms with Crippen LogP contribution < -0.4 is 0 Å². The Hall–Kier alpha value is -1.09. The summed E-state index contributed by atoms with van der Waals surface area (Å²) >= 11 is 0. The van der Waals surface area contributed by atoms with Crippen LogP contribution in [0, 0.1) is 40.4 Å². The average Bonchev–Trinajstić information content (AvgIpc) is 3.04. The van der Waals surface area contributed by atoms with E-state index in [2.05, 4.69) is 39.0 Å². The molecular formula is C29H46O3. The fourth-order valence-electron chi connectivity index (χ4n) is 8.57. The van der Waals surface area contributed by atoms with Crippen molar-refractivity contribution in [2.24, 2.45) is 40.4 Å². The van der Waals surface area contributed by atoms with Gasteiger partial charge in [-0.25, -0.2) is 0 Å². The molecule has 4 rings (SSSR count). The van der Waals surface area contributed by atoms with Crippen LogP contribution in [0.15, 0.2) is 23.8 Å². The second-order valence-electron chi connectivity index (χ2n) is 12.8. The fraction of sp³-hybridized carbons (Fsp3) is 0.828. The summed E-state index contributed by atoms with van der Waals surface area (Å²) in [5.41, 5.74) is 1.71. The highest BCUT2D eigenvalue weighted by Crippen LogP contribution is 2.67. The Labute approximate surface area is 196 Å². The number of rotatable bonds is 5. The lowest BCUT2D eigenvalue weighted by Gasteiger charge is -2.58. The highest BCUT2D eigenvalue weighted by Gasteiger charge is 2.59. The van der Waals surface area contributed by atoms with Gasteiger partial charge < -0.3 is 9.84 Å². The van der Waals surface area contributed by atoms with E-state index in [1.165, 1.54) is 38.5 Å². The van der Waals surface area contributed by atoms with Gasteiger partial charge >= 0.3 is 5.97 Å². The number of esters is 1. The van der Waals surface area contributed by atoms with Crippen LogP contribution in [0.25, 0.3) is 0 Å². The van der Waals surface area contributed by atoms with Crippen molar-refractivity contribution in [2.45, 2.75) is 111 Å². The van der Waals surface area contributed by atoms with Crippen molar-refractivity contribution in [3.63, 3.8) is 0 Å². The Balaban J connectivity index is 1.49. The molecule has 3 nitrogen and oxygen atoms in total. The zero-order valence-corrected chi connectivity index (χ0v) is 21.3. The quantitative estimate of drug-likeness (QED) is 0.374. The maximum Gasteiger partial charge on any atom is 0.302 e. The highest BCUT2D eigenvalue weighted by atomic mass is 16.5. The Bertz CT molecular complexity index is 774. The van der Waals surface area contributed by atoms with Crippen molar-refractivity contribution >= 4 is 5.97 Å². The maximum atomic E-state index is 11.5. The molecule has 0 heterocycles. The minimum Gasteiger partial charge on any atom is -0.462 e.